The van der Waals surface area contributed by atoms with Crippen LogP contribution in [0, 0.1) is 11.8 Å². The van der Waals surface area contributed by atoms with Gasteiger partial charge in [0.05, 0.1) is 0 Å². The van der Waals surface area contributed by atoms with Gasteiger partial charge in [-0.2, -0.15) is 0 Å². The number of hydrogen-bond donors (Lipinski definition) is 1. The van der Waals surface area contributed by atoms with E-state index >= 15 is 0 Å². The first-order chi connectivity index (χ1) is 8.59. The van der Waals surface area contributed by atoms with Gasteiger partial charge in [0.25, 0.3) is 0 Å². The van der Waals surface area contributed by atoms with Crippen LogP contribution >= 0.6 is 15.9 Å². The van der Waals surface area contributed by atoms with E-state index in [1.807, 2.05) is 0 Å². The van der Waals surface area contributed by atoms with Crippen molar-refractivity contribution in [2.75, 3.05) is 13.1 Å². The molecular formula is C16H24BrN. The van der Waals surface area contributed by atoms with Gasteiger partial charge < -0.3 is 5.32 Å². The van der Waals surface area contributed by atoms with Gasteiger partial charge in [0, 0.05) is 16.4 Å². The highest BCUT2D eigenvalue weighted by Gasteiger charge is 2.46. The molecule has 0 bridgehead atoms. The maximum Gasteiger partial charge on any atom is 0.0213 e. The summed E-state index contributed by atoms with van der Waals surface area (Å²) in [6, 6.07) is 8.73. The second-order valence-electron chi connectivity index (χ2n) is 5.95. The van der Waals surface area contributed by atoms with Crippen molar-refractivity contribution in [2.45, 2.75) is 39.0 Å². The van der Waals surface area contributed by atoms with Gasteiger partial charge in [-0.1, -0.05) is 54.9 Å². The van der Waals surface area contributed by atoms with Crippen molar-refractivity contribution in [1.82, 2.24) is 5.32 Å². The Morgan fingerprint density at radius 3 is 2.56 bits per heavy atom. The van der Waals surface area contributed by atoms with Crippen molar-refractivity contribution in [1.29, 1.82) is 0 Å². The minimum Gasteiger partial charge on any atom is -0.316 e. The molecule has 2 heteroatoms. The summed E-state index contributed by atoms with van der Waals surface area (Å²) in [5.41, 5.74) is 1.84. The Balaban J connectivity index is 2.20. The summed E-state index contributed by atoms with van der Waals surface area (Å²) in [6.07, 6.45) is 2.64. The van der Waals surface area contributed by atoms with Gasteiger partial charge in [-0.3, -0.25) is 0 Å². The van der Waals surface area contributed by atoms with Crippen molar-refractivity contribution in [3.8, 4) is 0 Å². The van der Waals surface area contributed by atoms with E-state index in [9.17, 15) is 0 Å². The lowest BCUT2D eigenvalue weighted by Crippen LogP contribution is -2.50. The van der Waals surface area contributed by atoms with E-state index in [2.05, 4.69) is 66.3 Å². The van der Waals surface area contributed by atoms with Gasteiger partial charge in [-0.25, -0.2) is 0 Å². The summed E-state index contributed by atoms with van der Waals surface area (Å²) in [5, 5.41) is 3.56. The first-order valence-corrected chi connectivity index (χ1v) is 7.84. The molecule has 0 saturated heterocycles. The lowest BCUT2D eigenvalue weighted by atomic mass is 9.56. The van der Waals surface area contributed by atoms with Crippen molar-refractivity contribution in [3.63, 3.8) is 0 Å². The third-order valence-corrected chi connectivity index (χ3v) is 5.10. The molecule has 1 aliphatic rings. The zero-order valence-corrected chi connectivity index (χ0v) is 13.3. The number of nitrogens with one attached hydrogen (secondary N) is 1. The molecule has 0 unspecified atom stereocenters. The molecule has 2 rings (SSSR count). The molecule has 1 N–H and O–H groups in total. The fourth-order valence-electron chi connectivity index (χ4n) is 3.13. The average Bonchev–Trinajstić information content (AvgIpc) is 2.29. The van der Waals surface area contributed by atoms with Crippen LogP contribution in [0.25, 0.3) is 0 Å². The summed E-state index contributed by atoms with van der Waals surface area (Å²) >= 11 is 3.73. The highest BCUT2D eigenvalue weighted by molar-refractivity contribution is 9.10. The Bertz CT molecular complexity index is 394. The Morgan fingerprint density at radius 1 is 1.33 bits per heavy atom. The van der Waals surface area contributed by atoms with E-state index in [-0.39, 0.29) is 0 Å². The predicted molar refractivity (Wildman–Crippen MR) is 81.9 cm³/mol. The fourth-order valence-corrected chi connectivity index (χ4v) is 3.84. The molecular weight excluding hydrogens is 286 g/mol. The van der Waals surface area contributed by atoms with Crippen LogP contribution in [-0.2, 0) is 5.41 Å². The molecule has 0 atom stereocenters. The largest absolute Gasteiger partial charge is 0.316 e. The molecule has 0 aliphatic heterocycles. The summed E-state index contributed by atoms with van der Waals surface area (Å²) in [7, 11) is 0. The SMILES string of the molecule is CCNCC1(c2ccccc2Br)CC(C(C)C)C1. The highest BCUT2D eigenvalue weighted by atomic mass is 79.9. The molecule has 1 saturated carbocycles. The number of rotatable bonds is 5. The molecule has 0 amide bonds. The molecule has 0 heterocycles. The Morgan fingerprint density at radius 2 is 2.00 bits per heavy atom. The van der Waals surface area contributed by atoms with E-state index in [0.717, 1.165) is 24.9 Å². The molecule has 1 nitrogen and oxygen atoms in total. The van der Waals surface area contributed by atoms with Crippen LogP contribution in [0.4, 0.5) is 0 Å². The fraction of sp³-hybridized carbons (Fsp3) is 0.625. The van der Waals surface area contributed by atoms with Gasteiger partial charge >= 0.3 is 0 Å². The maximum absolute atomic E-state index is 3.73. The van der Waals surface area contributed by atoms with Crippen LogP contribution in [0.5, 0.6) is 0 Å². The van der Waals surface area contributed by atoms with Crippen LogP contribution in [0.3, 0.4) is 0 Å². The molecule has 0 spiro atoms. The number of likely N-dealkylation sites (N-methyl/N-ethyl adjacent to an activating group) is 1. The molecule has 1 aromatic rings. The van der Waals surface area contributed by atoms with Crippen molar-refractivity contribution < 1.29 is 0 Å². The van der Waals surface area contributed by atoms with Crippen molar-refractivity contribution >= 4 is 15.9 Å². The second kappa shape index (κ2) is 5.75. The predicted octanol–water partition coefficient (Wildman–Crippen LogP) is 4.36. The number of benzene rings is 1. The minimum atomic E-state index is 0.352. The van der Waals surface area contributed by atoms with E-state index in [1.54, 1.807) is 0 Å². The highest BCUT2D eigenvalue weighted by Crippen LogP contribution is 2.51. The molecule has 1 aliphatic carbocycles. The Kier molecular flexibility index (Phi) is 4.50. The zero-order chi connectivity index (χ0) is 13.2. The molecule has 1 fully saturated rings. The number of halogens is 1. The van der Waals surface area contributed by atoms with Crippen molar-refractivity contribution in [3.05, 3.63) is 34.3 Å². The average molecular weight is 310 g/mol. The molecule has 0 aromatic heterocycles. The maximum atomic E-state index is 3.73. The van der Waals surface area contributed by atoms with E-state index in [1.165, 1.54) is 22.9 Å². The van der Waals surface area contributed by atoms with Crippen LogP contribution < -0.4 is 5.32 Å². The second-order valence-corrected chi connectivity index (χ2v) is 6.81. The van der Waals surface area contributed by atoms with Crippen LogP contribution in [0.2, 0.25) is 0 Å². The Labute approximate surface area is 119 Å². The van der Waals surface area contributed by atoms with Crippen LogP contribution in [0.1, 0.15) is 39.2 Å². The van der Waals surface area contributed by atoms with Gasteiger partial charge in [-0.05, 0) is 42.9 Å². The van der Waals surface area contributed by atoms with Crippen LogP contribution in [-0.4, -0.2) is 13.1 Å². The molecule has 0 radical (unpaired) electrons. The molecule has 1 aromatic carbocycles. The summed E-state index contributed by atoms with van der Waals surface area (Å²) in [5.74, 6) is 1.69. The standard InChI is InChI=1S/C16H24BrN/c1-4-18-11-16(9-13(10-16)12(2)3)14-7-5-6-8-15(14)17/h5-8,12-13,18H,4,9-11H2,1-3H3. The zero-order valence-electron chi connectivity index (χ0n) is 11.7. The Hall–Kier alpha value is -0.340. The third kappa shape index (κ3) is 2.65. The number of hydrogen-bond acceptors (Lipinski definition) is 1. The van der Waals surface area contributed by atoms with E-state index in [0.29, 0.717) is 5.41 Å². The first-order valence-electron chi connectivity index (χ1n) is 7.05. The topological polar surface area (TPSA) is 12.0 Å². The van der Waals surface area contributed by atoms with Gasteiger partial charge in [0.2, 0.25) is 0 Å². The van der Waals surface area contributed by atoms with Gasteiger partial charge in [0.15, 0.2) is 0 Å². The lowest BCUT2D eigenvalue weighted by Gasteiger charge is -2.50. The summed E-state index contributed by atoms with van der Waals surface area (Å²) < 4.78 is 1.27. The normalized spacial score (nSPS) is 27.3. The minimum absolute atomic E-state index is 0.352. The quantitative estimate of drug-likeness (QED) is 0.852. The first kappa shape index (κ1) is 14.1. The van der Waals surface area contributed by atoms with Gasteiger partial charge in [0.1, 0.15) is 0 Å². The molecule has 100 valence electrons. The lowest BCUT2D eigenvalue weighted by molar-refractivity contribution is 0.0976. The third-order valence-electron chi connectivity index (χ3n) is 4.41. The van der Waals surface area contributed by atoms with E-state index in [4.69, 9.17) is 0 Å². The molecule has 18 heavy (non-hydrogen) atoms. The van der Waals surface area contributed by atoms with Gasteiger partial charge in [-0.15, -0.1) is 0 Å². The van der Waals surface area contributed by atoms with Crippen LogP contribution in [0.15, 0.2) is 28.7 Å². The smallest absolute Gasteiger partial charge is 0.0213 e. The van der Waals surface area contributed by atoms with Crippen molar-refractivity contribution in [2.24, 2.45) is 11.8 Å². The summed E-state index contributed by atoms with van der Waals surface area (Å²) in [6.45, 7) is 9.05. The van der Waals surface area contributed by atoms with E-state index < -0.39 is 0 Å². The summed E-state index contributed by atoms with van der Waals surface area (Å²) in [4.78, 5) is 0. The monoisotopic (exact) mass is 309 g/mol.